The van der Waals surface area contributed by atoms with Crippen LogP contribution in [-0.4, -0.2) is 46.2 Å². The van der Waals surface area contributed by atoms with Crippen LogP contribution in [0.25, 0.3) is 0 Å². The van der Waals surface area contributed by atoms with Crippen molar-refractivity contribution in [2.24, 2.45) is 0 Å². The second-order valence-electron chi connectivity index (χ2n) is 6.43. The van der Waals surface area contributed by atoms with Gasteiger partial charge >= 0.3 is 11.7 Å². The molecule has 3 atom stereocenters. The lowest BCUT2D eigenvalue weighted by molar-refractivity contribution is -0.0423. The summed E-state index contributed by atoms with van der Waals surface area (Å²) in [4.78, 5) is 36.5. The number of H-pyrrole nitrogens is 1. The minimum absolute atomic E-state index is 0.0849. The molecule has 0 unspecified atom stereocenters. The van der Waals surface area contributed by atoms with E-state index in [1.807, 2.05) is 4.98 Å². The Bertz CT molecular complexity index is 1130. The highest BCUT2D eigenvalue weighted by molar-refractivity contribution is 5.94. The maximum absolute atomic E-state index is 14.5. The third-order valence-corrected chi connectivity index (χ3v) is 4.59. The van der Waals surface area contributed by atoms with Gasteiger partial charge in [-0.2, -0.15) is 8.78 Å². The van der Waals surface area contributed by atoms with Crippen LogP contribution in [0.2, 0.25) is 0 Å². The van der Waals surface area contributed by atoms with Crippen LogP contribution in [0, 0.1) is 17.5 Å². The second-order valence-corrected chi connectivity index (χ2v) is 6.43. The number of carbonyl (C=O) groups excluding carboxylic acids is 1. The van der Waals surface area contributed by atoms with E-state index in [1.165, 1.54) is 0 Å². The second kappa shape index (κ2) is 7.50. The van der Waals surface area contributed by atoms with Crippen molar-refractivity contribution in [2.45, 2.75) is 24.9 Å². The molecule has 1 fully saturated rings. The molecular formula is C17H13F3N2O8. The summed E-state index contributed by atoms with van der Waals surface area (Å²) in [5, 5.41) is 10.1. The van der Waals surface area contributed by atoms with E-state index in [0.717, 1.165) is 16.8 Å². The number of esters is 1. The third-order valence-electron chi connectivity index (χ3n) is 4.59. The molecule has 30 heavy (non-hydrogen) atoms. The van der Waals surface area contributed by atoms with Gasteiger partial charge in [-0.25, -0.2) is 14.0 Å². The first kappa shape index (κ1) is 20.0. The zero-order valence-electron chi connectivity index (χ0n) is 14.9. The largest absolute Gasteiger partial charge is 0.485 e. The zero-order chi connectivity index (χ0) is 21.6. The van der Waals surface area contributed by atoms with Crippen LogP contribution < -0.4 is 20.7 Å². The van der Waals surface area contributed by atoms with Gasteiger partial charge in [0.1, 0.15) is 24.5 Å². The van der Waals surface area contributed by atoms with Crippen LogP contribution in [-0.2, 0) is 9.47 Å². The zero-order valence-corrected chi connectivity index (χ0v) is 14.9. The molecule has 0 bridgehead atoms. The van der Waals surface area contributed by atoms with Gasteiger partial charge in [-0.15, -0.1) is 0 Å². The predicted octanol–water partition coefficient (Wildman–Crippen LogP) is 0.188. The molecule has 1 aromatic heterocycles. The van der Waals surface area contributed by atoms with E-state index >= 15 is 0 Å². The molecule has 0 aliphatic carbocycles. The lowest BCUT2D eigenvalue weighted by Gasteiger charge is -2.21. The number of aromatic nitrogens is 2. The van der Waals surface area contributed by atoms with Gasteiger partial charge in [0.15, 0.2) is 17.3 Å². The van der Waals surface area contributed by atoms with Crippen molar-refractivity contribution in [3.63, 3.8) is 0 Å². The van der Waals surface area contributed by atoms with Crippen molar-refractivity contribution in [1.82, 2.24) is 9.55 Å². The molecule has 0 saturated carbocycles. The van der Waals surface area contributed by atoms with Crippen LogP contribution in [0.4, 0.5) is 13.2 Å². The fraction of sp³-hybridized carbons (Fsp3) is 0.353. The highest BCUT2D eigenvalue weighted by atomic mass is 19.2. The van der Waals surface area contributed by atoms with Gasteiger partial charge in [-0.3, -0.25) is 14.3 Å². The van der Waals surface area contributed by atoms with Crippen LogP contribution in [0.3, 0.4) is 0 Å². The van der Waals surface area contributed by atoms with Crippen molar-refractivity contribution >= 4 is 5.97 Å². The molecule has 2 aliphatic rings. The molecule has 13 heteroatoms. The number of rotatable bonds is 4. The van der Waals surface area contributed by atoms with Crippen molar-refractivity contribution in [1.29, 1.82) is 0 Å². The molecule has 0 spiro atoms. The highest BCUT2D eigenvalue weighted by Gasteiger charge is 2.38. The topological polar surface area (TPSA) is 129 Å². The number of halogens is 3. The number of hydrogen-bond acceptors (Lipinski definition) is 8. The van der Waals surface area contributed by atoms with Gasteiger partial charge < -0.3 is 24.1 Å². The number of carbonyl (C=O) groups is 1. The van der Waals surface area contributed by atoms with Gasteiger partial charge in [-0.05, 0) is 0 Å². The number of aromatic amines is 1. The summed E-state index contributed by atoms with van der Waals surface area (Å²) in [7, 11) is 0. The van der Waals surface area contributed by atoms with Crippen molar-refractivity contribution in [2.75, 3.05) is 13.4 Å². The fourth-order valence-corrected chi connectivity index (χ4v) is 3.13. The van der Waals surface area contributed by atoms with Gasteiger partial charge in [0.05, 0.1) is 6.10 Å². The summed E-state index contributed by atoms with van der Waals surface area (Å²) in [5.74, 6) is -8.26. The Morgan fingerprint density at radius 1 is 1.17 bits per heavy atom. The Kier molecular flexibility index (Phi) is 4.99. The molecule has 0 radical (unpaired) electrons. The lowest BCUT2D eigenvalue weighted by atomic mass is 10.1. The highest BCUT2D eigenvalue weighted by Crippen LogP contribution is 2.38. The quantitative estimate of drug-likeness (QED) is 0.520. The van der Waals surface area contributed by atoms with Crippen LogP contribution in [0.15, 0.2) is 21.9 Å². The average molecular weight is 430 g/mol. The van der Waals surface area contributed by atoms with Gasteiger partial charge in [-0.1, -0.05) is 0 Å². The molecule has 10 nitrogen and oxygen atoms in total. The van der Waals surface area contributed by atoms with E-state index in [2.05, 4.69) is 4.74 Å². The SMILES string of the molecule is O=C1OCOc2c(F)c(OC[C@H]3O[C@@H](n4ccc(=O)[nH]c4=O)C[C@@H]3O)c(F)c(F)c21. The van der Waals surface area contributed by atoms with E-state index in [4.69, 9.17) is 14.2 Å². The van der Waals surface area contributed by atoms with Crippen molar-refractivity contribution in [3.05, 3.63) is 56.1 Å². The van der Waals surface area contributed by atoms with E-state index in [9.17, 15) is 32.7 Å². The normalized spacial score (nSPS) is 22.9. The Morgan fingerprint density at radius 2 is 1.93 bits per heavy atom. The molecule has 0 amide bonds. The Labute approximate surface area is 164 Å². The van der Waals surface area contributed by atoms with Crippen molar-refractivity contribution in [3.8, 4) is 11.5 Å². The number of cyclic esters (lactones) is 1. The summed E-state index contributed by atoms with van der Waals surface area (Å²) in [6.07, 6.45) is -2.24. The number of aliphatic hydroxyl groups is 1. The first-order valence-electron chi connectivity index (χ1n) is 8.56. The molecule has 3 heterocycles. The van der Waals surface area contributed by atoms with Crippen LogP contribution in [0.1, 0.15) is 23.0 Å². The Morgan fingerprint density at radius 3 is 2.67 bits per heavy atom. The first-order valence-corrected chi connectivity index (χ1v) is 8.56. The fourth-order valence-electron chi connectivity index (χ4n) is 3.13. The molecule has 2 N–H and O–H groups in total. The number of ether oxygens (including phenoxy) is 4. The maximum Gasteiger partial charge on any atom is 0.348 e. The van der Waals surface area contributed by atoms with Gasteiger partial charge in [0.2, 0.25) is 18.4 Å². The van der Waals surface area contributed by atoms with Crippen LogP contribution in [0.5, 0.6) is 11.5 Å². The maximum atomic E-state index is 14.5. The minimum atomic E-state index is -1.78. The summed E-state index contributed by atoms with van der Waals surface area (Å²) in [6.45, 7) is -1.31. The smallest absolute Gasteiger partial charge is 0.348 e. The third kappa shape index (κ3) is 3.31. The lowest BCUT2D eigenvalue weighted by Crippen LogP contribution is -2.32. The van der Waals surface area contributed by atoms with Gasteiger partial charge in [0.25, 0.3) is 5.56 Å². The predicted molar refractivity (Wildman–Crippen MR) is 88.6 cm³/mol. The Hall–Kier alpha value is -3.32. The van der Waals surface area contributed by atoms with E-state index in [1.54, 1.807) is 0 Å². The molecule has 1 saturated heterocycles. The standard InChI is InChI=1S/C17H13F3N2O8/c18-11-10-14(28-5-29-16(10)25)13(20)15(12(11)19)27-4-7-6(23)3-9(30-7)22-2-1-8(24)21-17(22)26/h1-2,6-7,9,23H,3-5H2,(H,21,24,26)/t6-,7+,9+/m0/s1. The molecular weight excluding hydrogens is 417 g/mol. The molecule has 160 valence electrons. The Balaban J connectivity index is 1.54. The van der Waals surface area contributed by atoms with E-state index in [0.29, 0.717) is 0 Å². The van der Waals surface area contributed by atoms with Crippen molar-refractivity contribution < 1.29 is 42.0 Å². The first-order chi connectivity index (χ1) is 14.3. The molecule has 1 aromatic carbocycles. The number of nitrogens with one attached hydrogen (secondary N) is 1. The van der Waals surface area contributed by atoms with Crippen LogP contribution >= 0.6 is 0 Å². The summed E-state index contributed by atoms with van der Waals surface area (Å²) in [6, 6.07) is 1.08. The van der Waals surface area contributed by atoms with E-state index in [-0.39, 0.29) is 6.42 Å². The monoisotopic (exact) mass is 430 g/mol. The molecule has 2 aliphatic heterocycles. The van der Waals surface area contributed by atoms with E-state index < -0.39 is 83.6 Å². The number of hydrogen-bond donors (Lipinski definition) is 2. The molecule has 4 rings (SSSR count). The number of benzene rings is 1. The molecule has 2 aromatic rings. The van der Waals surface area contributed by atoms with Gasteiger partial charge in [0, 0.05) is 18.7 Å². The number of fused-ring (bicyclic) bond motifs is 1. The number of aliphatic hydroxyl groups excluding tert-OH is 1. The summed E-state index contributed by atoms with van der Waals surface area (Å²) in [5.41, 5.74) is -2.43. The average Bonchev–Trinajstić information content (AvgIpc) is 3.06. The number of nitrogens with zero attached hydrogens (tertiary/aromatic N) is 1. The summed E-state index contributed by atoms with van der Waals surface area (Å²) >= 11 is 0. The summed E-state index contributed by atoms with van der Waals surface area (Å²) < 4.78 is 63.5. The minimum Gasteiger partial charge on any atom is -0.485 e.